The summed E-state index contributed by atoms with van der Waals surface area (Å²) in [6.07, 6.45) is 2.58. The topological polar surface area (TPSA) is 87.3 Å². The van der Waals surface area contributed by atoms with Crippen molar-refractivity contribution in [2.24, 2.45) is 0 Å². The number of rotatable bonds is 5. The van der Waals surface area contributed by atoms with Crippen molar-refractivity contribution in [2.45, 2.75) is 30.2 Å². The van der Waals surface area contributed by atoms with Gasteiger partial charge in [-0.15, -0.1) is 0 Å². The SMILES string of the molecule is O=C1Cc2cc(S(=O)(=O)Nc3ccc(NC4CC4)cc3)ccc2N1. The summed E-state index contributed by atoms with van der Waals surface area (Å²) < 4.78 is 27.6. The minimum atomic E-state index is -3.69. The van der Waals surface area contributed by atoms with E-state index in [9.17, 15) is 13.2 Å². The van der Waals surface area contributed by atoms with Gasteiger partial charge in [-0.1, -0.05) is 0 Å². The molecule has 1 heterocycles. The monoisotopic (exact) mass is 343 g/mol. The Hall–Kier alpha value is -2.54. The molecule has 0 aromatic heterocycles. The van der Waals surface area contributed by atoms with Gasteiger partial charge < -0.3 is 10.6 Å². The fraction of sp³-hybridized carbons (Fsp3) is 0.235. The van der Waals surface area contributed by atoms with Gasteiger partial charge in [0.05, 0.1) is 11.3 Å². The van der Waals surface area contributed by atoms with E-state index in [0.717, 1.165) is 5.69 Å². The zero-order chi connectivity index (χ0) is 16.7. The summed E-state index contributed by atoms with van der Waals surface area (Å²) in [5, 5.41) is 6.05. The first kappa shape index (κ1) is 15.0. The van der Waals surface area contributed by atoms with Gasteiger partial charge in [-0.2, -0.15) is 0 Å². The van der Waals surface area contributed by atoms with Crippen LogP contribution in [0.3, 0.4) is 0 Å². The van der Waals surface area contributed by atoms with Gasteiger partial charge in [-0.25, -0.2) is 8.42 Å². The number of sulfonamides is 1. The van der Waals surface area contributed by atoms with E-state index in [1.54, 1.807) is 24.3 Å². The molecule has 0 radical (unpaired) electrons. The van der Waals surface area contributed by atoms with Crippen molar-refractivity contribution in [3.8, 4) is 0 Å². The molecular weight excluding hydrogens is 326 g/mol. The maximum Gasteiger partial charge on any atom is 0.261 e. The molecule has 1 fully saturated rings. The molecule has 0 bridgehead atoms. The smallest absolute Gasteiger partial charge is 0.261 e. The van der Waals surface area contributed by atoms with Crippen LogP contribution in [0.15, 0.2) is 47.4 Å². The maximum atomic E-state index is 12.5. The molecule has 0 atom stereocenters. The number of carbonyl (C=O) groups excluding carboxylic acids is 1. The zero-order valence-electron chi connectivity index (χ0n) is 12.9. The predicted octanol–water partition coefficient (Wildman–Crippen LogP) is 2.56. The number of amides is 1. The van der Waals surface area contributed by atoms with Crippen LogP contribution in [-0.4, -0.2) is 20.4 Å². The number of carbonyl (C=O) groups is 1. The van der Waals surface area contributed by atoms with Crippen LogP contribution in [0, 0.1) is 0 Å². The fourth-order valence-corrected chi connectivity index (χ4v) is 3.79. The van der Waals surface area contributed by atoms with E-state index in [0.29, 0.717) is 23.0 Å². The third-order valence-corrected chi connectivity index (χ3v) is 5.48. The molecule has 0 saturated heterocycles. The highest BCUT2D eigenvalue weighted by Gasteiger charge is 2.22. The maximum absolute atomic E-state index is 12.5. The second-order valence-corrected chi connectivity index (χ2v) is 7.83. The van der Waals surface area contributed by atoms with Crippen molar-refractivity contribution < 1.29 is 13.2 Å². The molecule has 2 aromatic rings. The number of fused-ring (bicyclic) bond motifs is 1. The molecule has 1 amide bonds. The summed E-state index contributed by atoms with van der Waals surface area (Å²) in [5.41, 5.74) is 2.87. The summed E-state index contributed by atoms with van der Waals surface area (Å²) in [6, 6.07) is 12.4. The van der Waals surface area contributed by atoms with E-state index >= 15 is 0 Å². The summed E-state index contributed by atoms with van der Waals surface area (Å²) in [7, 11) is -3.69. The van der Waals surface area contributed by atoms with E-state index in [4.69, 9.17) is 0 Å². The molecule has 6 nitrogen and oxygen atoms in total. The van der Waals surface area contributed by atoms with Gasteiger partial charge in [-0.05, 0) is 60.9 Å². The van der Waals surface area contributed by atoms with E-state index in [1.165, 1.54) is 18.9 Å². The fourth-order valence-electron chi connectivity index (χ4n) is 2.68. The summed E-state index contributed by atoms with van der Waals surface area (Å²) >= 11 is 0. The average molecular weight is 343 g/mol. The van der Waals surface area contributed by atoms with Gasteiger partial charge in [-0.3, -0.25) is 9.52 Å². The van der Waals surface area contributed by atoms with Crippen LogP contribution in [0.1, 0.15) is 18.4 Å². The van der Waals surface area contributed by atoms with E-state index in [2.05, 4.69) is 15.4 Å². The summed E-state index contributed by atoms with van der Waals surface area (Å²) in [5.74, 6) is -0.119. The van der Waals surface area contributed by atoms with E-state index in [1.807, 2.05) is 12.1 Å². The predicted molar refractivity (Wildman–Crippen MR) is 92.7 cm³/mol. The summed E-state index contributed by atoms with van der Waals surface area (Å²) in [6.45, 7) is 0. The molecule has 3 N–H and O–H groups in total. The second-order valence-electron chi connectivity index (χ2n) is 6.15. The number of benzene rings is 2. The van der Waals surface area contributed by atoms with Crippen LogP contribution < -0.4 is 15.4 Å². The molecule has 1 aliphatic heterocycles. The Morgan fingerprint density at radius 1 is 1.00 bits per heavy atom. The molecule has 1 aliphatic carbocycles. The first-order valence-electron chi connectivity index (χ1n) is 7.82. The van der Waals surface area contributed by atoms with Crippen molar-refractivity contribution in [2.75, 3.05) is 15.4 Å². The molecule has 0 spiro atoms. The molecule has 1 saturated carbocycles. The van der Waals surface area contributed by atoms with Gasteiger partial charge >= 0.3 is 0 Å². The van der Waals surface area contributed by atoms with Gasteiger partial charge in [0, 0.05) is 23.1 Å². The van der Waals surface area contributed by atoms with E-state index in [-0.39, 0.29) is 17.2 Å². The Bertz CT molecular complexity index is 903. The molecule has 2 aliphatic rings. The number of anilines is 3. The molecule has 2 aromatic carbocycles. The lowest BCUT2D eigenvalue weighted by molar-refractivity contribution is -0.115. The van der Waals surface area contributed by atoms with Gasteiger partial charge in [0.1, 0.15) is 0 Å². The first-order valence-corrected chi connectivity index (χ1v) is 9.30. The van der Waals surface area contributed by atoms with Gasteiger partial charge in [0.2, 0.25) is 5.91 Å². The Labute approximate surface area is 140 Å². The lowest BCUT2D eigenvalue weighted by Crippen LogP contribution is -2.13. The highest BCUT2D eigenvalue weighted by atomic mass is 32.2. The minimum Gasteiger partial charge on any atom is -0.382 e. The van der Waals surface area contributed by atoms with Crippen molar-refractivity contribution >= 4 is 33.0 Å². The Balaban J connectivity index is 1.52. The average Bonchev–Trinajstić information content (AvgIpc) is 3.27. The molecule has 4 rings (SSSR count). The minimum absolute atomic E-state index is 0.119. The van der Waals surface area contributed by atoms with Crippen LogP contribution in [-0.2, 0) is 21.2 Å². The van der Waals surface area contributed by atoms with Crippen molar-refractivity contribution in [1.29, 1.82) is 0 Å². The van der Waals surface area contributed by atoms with Gasteiger partial charge in [0.15, 0.2) is 0 Å². The molecule has 7 heteroatoms. The summed E-state index contributed by atoms with van der Waals surface area (Å²) in [4.78, 5) is 11.5. The number of hydrogen-bond acceptors (Lipinski definition) is 4. The third kappa shape index (κ3) is 3.07. The molecule has 24 heavy (non-hydrogen) atoms. The normalized spacial score (nSPS) is 16.4. The van der Waals surface area contributed by atoms with Crippen LogP contribution in [0.2, 0.25) is 0 Å². The third-order valence-electron chi connectivity index (χ3n) is 4.10. The number of hydrogen-bond donors (Lipinski definition) is 3. The van der Waals surface area contributed by atoms with Crippen molar-refractivity contribution in [3.63, 3.8) is 0 Å². The van der Waals surface area contributed by atoms with Crippen LogP contribution >= 0.6 is 0 Å². The highest BCUT2D eigenvalue weighted by molar-refractivity contribution is 7.92. The molecular formula is C17H17N3O3S. The highest BCUT2D eigenvalue weighted by Crippen LogP contribution is 2.28. The Morgan fingerprint density at radius 2 is 1.71 bits per heavy atom. The van der Waals surface area contributed by atoms with Crippen LogP contribution in [0.5, 0.6) is 0 Å². The lowest BCUT2D eigenvalue weighted by Gasteiger charge is -2.10. The van der Waals surface area contributed by atoms with Crippen molar-refractivity contribution in [3.05, 3.63) is 48.0 Å². The zero-order valence-corrected chi connectivity index (χ0v) is 13.7. The largest absolute Gasteiger partial charge is 0.382 e. The van der Waals surface area contributed by atoms with Crippen LogP contribution in [0.25, 0.3) is 0 Å². The van der Waals surface area contributed by atoms with Crippen LogP contribution in [0.4, 0.5) is 17.1 Å². The van der Waals surface area contributed by atoms with Crippen molar-refractivity contribution in [1.82, 2.24) is 0 Å². The first-order chi connectivity index (χ1) is 11.5. The molecule has 0 unspecified atom stereocenters. The van der Waals surface area contributed by atoms with Gasteiger partial charge in [0.25, 0.3) is 10.0 Å². The quantitative estimate of drug-likeness (QED) is 0.779. The number of nitrogens with one attached hydrogen (secondary N) is 3. The van der Waals surface area contributed by atoms with E-state index < -0.39 is 10.0 Å². The second kappa shape index (κ2) is 5.52. The Kier molecular flexibility index (Phi) is 3.45. The molecule has 124 valence electrons. The standard InChI is InChI=1S/C17H17N3O3S/c21-17-10-11-9-15(7-8-16(11)19-17)24(22,23)20-14-5-3-13(4-6-14)18-12-1-2-12/h3-9,12,18,20H,1-2,10H2,(H,19,21). The Morgan fingerprint density at radius 3 is 2.42 bits per heavy atom. The lowest BCUT2D eigenvalue weighted by atomic mass is 10.2.